The van der Waals surface area contributed by atoms with Crippen LogP contribution in [-0.4, -0.2) is 22.7 Å². The molecule has 5 heteroatoms. The Kier molecular flexibility index (Phi) is 3.06. The van der Waals surface area contributed by atoms with Gasteiger partial charge < -0.3 is 21.7 Å². The number of rotatable bonds is 3. The van der Waals surface area contributed by atoms with Gasteiger partial charge in [0.1, 0.15) is 5.75 Å². The molecule has 0 aliphatic heterocycles. The molecule has 76 valence electrons. The van der Waals surface area contributed by atoms with E-state index in [-0.39, 0.29) is 17.9 Å². The first-order chi connectivity index (χ1) is 6.56. The predicted octanol–water partition coefficient (Wildman–Crippen LogP) is -0.517. The number of hydrogen-bond donors (Lipinski definition) is 4. The maximum Gasteiger partial charge on any atom is 0.252 e. The molecule has 0 fully saturated rings. The average molecular weight is 196 g/mol. The molecule has 1 aromatic rings. The molecule has 0 radical (unpaired) electrons. The standard InChI is InChI=1S/C9H12N2O3/c10-7(4-12)5-1-2-8(13)6(3-5)9(11)14/h1-3,7,12-13H,4,10H2,(H2,11,14). The Bertz CT molecular complexity index is 352. The van der Waals surface area contributed by atoms with Crippen LogP contribution >= 0.6 is 0 Å². The Morgan fingerprint density at radius 2 is 2.14 bits per heavy atom. The van der Waals surface area contributed by atoms with E-state index in [1.54, 1.807) is 0 Å². The van der Waals surface area contributed by atoms with Crippen LogP contribution in [0, 0.1) is 0 Å². The van der Waals surface area contributed by atoms with Gasteiger partial charge in [0.25, 0.3) is 5.91 Å². The fraction of sp³-hybridized carbons (Fsp3) is 0.222. The average Bonchev–Trinajstić information content (AvgIpc) is 2.17. The minimum Gasteiger partial charge on any atom is -0.507 e. The summed E-state index contributed by atoms with van der Waals surface area (Å²) in [6, 6.07) is 3.65. The molecule has 0 aliphatic rings. The van der Waals surface area contributed by atoms with Gasteiger partial charge in [-0.1, -0.05) is 6.07 Å². The van der Waals surface area contributed by atoms with Crippen molar-refractivity contribution in [2.45, 2.75) is 6.04 Å². The van der Waals surface area contributed by atoms with E-state index in [0.717, 1.165) is 0 Å². The fourth-order valence-electron chi connectivity index (χ4n) is 1.09. The number of amides is 1. The summed E-state index contributed by atoms with van der Waals surface area (Å²) in [5.41, 5.74) is 11.1. The van der Waals surface area contributed by atoms with Gasteiger partial charge in [0.05, 0.1) is 18.2 Å². The second-order valence-electron chi connectivity index (χ2n) is 2.93. The van der Waals surface area contributed by atoms with E-state index in [2.05, 4.69) is 0 Å². The third-order valence-corrected chi connectivity index (χ3v) is 1.91. The fourth-order valence-corrected chi connectivity index (χ4v) is 1.09. The second kappa shape index (κ2) is 4.08. The molecule has 14 heavy (non-hydrogen) atoms. The van der Waals surface area contributed by atoms with Crippen molar-refractivity contribution < 1.29 is 15.0 Å². The molecule has 1 atom stereocenters. The number of primary amides is 1. The highest BCUT2D eigenvalue weighted by atomic mass is 16.3. The van der Waals surface area contributed by atoms with Crippen LogP contribution in [0.1, 0.15) is 22.0 Å². The van der Waals surface area contributed by atoms with Gasteiger partial charge in [-0.05, 0) is 17.7 Å². The maximum absolute atomic E-state index is 10.8. The minimum absolute atomic E-state index is 0.00593. The third kappa shape index (κ3) is 2.01. The smallest absolute Gasteiger partial charge is 0.252 e. The molecule has 5 nitrogen and oxygen atoms in total. The molecule has 0 bridgehead atoms. The molecule has 1 aromatic carbocycles. The number of nitrogens with two attached hydrogens (primary N) is 2. The summed E-state index contributed by atoms with van der Waals surface area (Å²) >= 11 is 0. The van der Waals surface area contributed by atoms with Crippen molar-refractivity contribution in [3.05, 3.63) is 29.3 Å². The minimum atomic E-state index is -0.727. The summed E-state index contributed by atoms with van der Waals surface area (Å²) in [5.74, 6) is -0.916. The van der Waals surface area contributed by atoms with Crippen LogP contribution in [0.5, 0.6) is 5.75 Å². The number of aliphatic hydroxyl groups excluding tert-OH is 1. The van der Waals surface area contributed by atoms with Gasteiger partial charge in [-0.2, -0.15) is 0 Å². The zero-order chi connectivity index (χ0) is 10.7. The van der Waals surface area contributed by atoms with Crippen molar-refractivity contribution in [1.29, 1.82) is 0 Å². The van der Waals surface area contributed by atoms with Gasteiger partial charge in [0.15, 0.2) is 0 Å². The second-order valence-corrected chi connectivity index (χ2v) is 2.93. The molecule has 1 amide bonds. The normalized spacial score (nSPS) is 12.4. The van der Waals surface area contributed by atoms with Crippen LogP contribution in [0.15, 0.2) is 18.2 Å². The number of hydrogen-bond acceptors (Lipinski definition) is 4. The molecule has 0 aromatic heterocycles. The summed E-state index contributed by atoms with van der Waals surface area (Å²) in [5, 5.41) is 18.0. The van der Waals surface area contributed by atoms with Gasteiger partial charge in [-0.15, -0.1) is 0 Å². The van der Waals surface area contributed by atoms with Crippen molar-refractivity contribution in [3.63, 3.8) is 0 Å². The first-order valence-electron chi connectivity index (χ1n) is 4.05. The van der Waals surface area contributed by atoms with Gasteiger partial charge in [0.2, 0.25) is 0 Å². The highest BCUT2D eigenvalue weighted by Gasteiger charge is 2.11. The van der Waals surface area contributed by atoms with Crippen LogP contribution in [-0.2, 0) is 0 Å². The molecule has 1 unspecified atom stereocenters. The van der Waals surface area contributed by atoms with Crippen LogP contribution in [0.2, 0.25) is 0 Å². The Labute approximate surface area is 81.0 Å². The number of carbonyl (C=O) groups is 1. The summed E-state index contributed by atoms with van der Waals surface area (Å²) in [6.07, 6.45) is 0. The van der Waals surface area contributed by atoms with Crippen LogP contribution in [0.25, 0.3) is 0 Å². The van der Waals surface area contributed by atoms with E-state index in [1.807, 2.05) is 0 Å². The van der Waals surface area contributed by atoms with E-state index in [9.17, 15) is 9.90 Å². The number of aliphatic hydroxyl groups is 1. The van der Waals surface area contributed by atoms with Crippen molar-refractivity contribution >= 4 is 5.91 Å². The Morgan fingerprint density at radius 3 is 2.64 bits per heavy atom. The van der Waals surface area contributed by atoms with Crippen molar-refractivity contribution in [2.75, 3.05) is 6.61 Å². The third-order valence-electron chi connectivity index (χ3n) is 1.91. The Morgan fingerprint density at radius 1 is 1.50 bits per heavy atom. The summed E-state index contributed by atoms with van der Waals surface area (Å²) in [6.45, 7) is -0.233. The van der Waals surface area contributed by atoms with E-state index in [1.165, 1.54) is 18.2 Å². The van der Waals surface area contributed by atoms with Crippen LogP contribution in [0.4, 0.5) is 0 Å². The Hall–Kier alpha value is -1.59. The number of carbonyl (C=O) groups excluding carboxylic acids is 1. The van der Waals surface area contributed by atoms with E-state index in [0.29, 0.717) is 5.56 Å². The summed E-state index contributed by atoms with van der Waals surface area (Å²) in [4.78, 5) is 10.8. The van der Waals surface area contributed by atoms with Crippen molar-refractivity contribution in [2.24, 2.45) is 11.5 Å². The molecule has 0 spiro atoms. The van der Waals surface area contributed by atoms with Crippen LogP contribution in [0.3, 0.4) is 0 Å². The van der Waals surface area contributed by atoms with E-state index in [4.69, 9.17) is 16.6 Å². The maximum atomic E-state index is 10.8. The summed E-state index contributed by atoms with van der Waals surface area (Å²) < 4.78 is 0. The molecular formula is C9H12N2O3. The van der Waals surface area contributed by atoms with Gasteiger partial charge >= 0.3 is 0 Å². The lowest BCUT2D eigenvalue weighted by atomic mass is 10.0. The van der Waals surface area contributed by atoms with Gasteiger partial charge in [0, 0.05) is 0 Å². The lowest BCUT2D eigenvalue weighted by Crippen LogP contribution is -2.17. The molecule has 0 saturated carbocycles. The summed E-state index contributed by atoms with van der Waals surface area (Å²) in [7, 11) is 0. The lowest BCUT2D eigenvalue weighted by molar-refractivity contribution is 0.0997. The van der Waals surface area contributed by atoms with E-state index < -0.39 is 11.9 Å². The van der Waals surface area contributed by atoms with Gasteiger partial charge in [-0.3, -0.25) is 4.79 Å². The molecule has 1 rings (SSSR count). The SMILES string of the molecule is NC(=O)c1cc(C(N)CO)ccc1O. The molecule has 6 N–H and O–H groups in total. The number of aromatic hydroxyl groups is 1. The zero-order valence-electron chi connectivity index (χ0n) is 7.47. The topological polar surface area (TPSA) is 110 Å². The van der Waals surface area contributed by atoms with Crippen molar-refractivity contribution in [3.8, 4) is 5.75 Å². The molecule has 0 aliphatic carbocycles. The quantitative estimate of drug-likeness (QED) is 0.521. The first kappa shape index (κ1) is 10.5. The van der Waals surface area contributed by atoms with E-state index >= 15 is 0 Å². The largest absolute Gasteiger partial charge is 0.507 e. The predicted molar refractivity (Wildman–Crippen MR) is 50.6 cm³/mol. The Balaban J connectivity index is 3.12. The lowest BCUT2D eigenvalue weighted by Gasteiger charge is -2.10. The first-order valence-corrected chi connectivity index (χ1v) is 4.05. The zero-order valence-corrected chi connectivity index (χ0v) is 7.47. The molecule has 0 heterocycles. The molecular weight excluding hydrogens is 184 g/mol. The number of phenols is 1. The highest BCUT2D eigenvalue weighted by molar-refractivity contribution is 5.95. The highest BCUT2D eigenvalue weighted by Crippen LogP contribution is 2.20. The van der Waals surface area contributed by atoms with Crippen LogP contribution < -0.4 is 11.5 Å². The number of benzene rings is 1. The van der Waals surface area contributed by atoms with Gasteiger partial charge in [-0.25, -0.2) is 0 Å². The molecule has 0 saturated heterocycles. The monoisotopic (exact) mass is 196 g/mol. The van der Waals surface area contributed by atoms with Crippen molar-refractivity contribution in [1.82, 2.24) is 0 Å².